The van der Waals surface area contributed by atoms with Crippen LogP contribution >= 0.6 is 0 Å². The van der Waals surface area contributed by atoms with Gasteiger partial charge in [-0.25, -0.2) is 4.39 Å². The van der Waals surface area contributed by atoms with Gasteiger partial charge in [0.2, 0.25) is 5.91 Å². The summed E-state index contributed by atoms with van der Waals surface area (Å²) >= 11 is 0. The summed E-state index contributed by atoms with van der Waals surface area (Å²) in [5.41, 5.74) is 1.13. The summed E-state index contributed by atoms with van der Waals surface area (Å²) in [5.74, 6) is 0.812. The van der Waals surface area contributed by atoms with Crippen molar-refractivity contribution in [2.45, 2.75) is 38.6 Å². The second-order valence-corrected chi connectivity index (χ2v) is 7.95. The van der Waals surface area contributed by atoms with Crippen LogP contribution < -0.4 is 0 Å². The minimum atomic E-state index is -0.189. The van der Waals surface area contributed by atoms with Crippen LogP contribution in [-0.4, -0.2) is 66.9 Å². The molecular weight excluding hydrogens is 329 g/mol. The highest BCUT2D eigenvalue weighted by molar-refractivity contribution is 5.76. The lowest BCUT2D eigenvalue weighted by Gasteiger charge is -2.30. The van der Waals surface area contributed by atoms with Crippen LogP contribution in [0.1, 0.15) is 37.7 Å². The number of hydrogen-bond donors (Lipinski definition) is 0. The summed E-state index contributed by atoms with van der Waals surface area (Å²) in [6, 6.07) is 6.74. The zero-order chi connectivity index (χ0) is 18.4. The van der Waals surface area contributed by atoms with Gasteiger partial charge in [-0.05, 0) is 62.9 Å². The number of carbonyl (C=O) groups is 1. The van der Waals surface area contributed by atoms with Crippen molar-refractivity contribution in [2.24, 2.45) is 5.92 Å². The van der Waals surface area contributed by atoms with Crippen LogP contribution in [0, 0.1) is 11.7 Å². The Morgan fingerprint density at radius 2 is 1.88 bits per heavy atom. The Hall–Kier alpha value is -1.46. The molecule has 1 amide bonds. The van der Waals surface area contributed by atoms with Crippen LogP contribution in [0.2, 0.25) is 0 Å². The summed E-state index contributed by atoms with van der Waals surface area (Å²) in [5, 5.41) is 0. The predicted octanol–water partition coefficient (Wildman–Crippen LogP) is 2.98. The first-order valence-electron chi connectivity index (χ1n) is 10.0. The van der Waals surface area contributed by atoms with Gasteiger partial charge in [-0.1, -0.05) is 12.1 Å². The normalized spacial score (nSPS) is 23.0. The van der Waals surface area contributed by atoms with Gasteiger partial charge in [-0.3, -0.25) is 9.69 Å². The molecule has 2 heterocycles. The molecule has 0 unspecified atom stereocenters. The van der Waals surface area contributed by atoms with Crippen molar-refractivity contribution in [3.63, 3.8) is 0 Å². The molecule has 1 aromatic carbocycles. The van der Waals surface area contributed by atoms with Crippen LogP contribution in [0.4, 0.5) is 4.39 Å². The number of benzene rings is 1. The number of piperidine rings is 1. The smallest absolute Gasteiger partial charge is 0.222 e. The lowest BCUT2D eigenvalue weighted by atomic mass is 9.93. The Morgan fingerprint density at radius 1 is 1.08 bits per heavy atom. The fraction of sp³-hybridized carbons (Fsp3) is 0.667. The maximum atomic E-state index is 13.0. The van der Waals surface area contributed by atoms with E-state index in [-0.39, 0.29) is 5.82 Å². The van der Waals surface area contributed by atoms with Gasteiger partial charge in [-0.2, -0.15) is 0 Å². The molecule has 0 aromatic heterocycles. The highest BCUT2D eigenvalue weighted by Crippen LogP contribution is 2.20. The van der Waals surface area contributed by atoms with E-state index in [4.69, 9.17) is 0 Å². The molecule has 2 aliphatic rings. The molecule has 4 nitrogen and oxygen atoms in total. The van der Waals surface area contributed by atoms with E-state index in [1.54, 1.807) is 0 Å². The number of halogens is 1. The summed E-state index contributed by atoms with van der Waals surface area (Å²) < 4.78 is 13.0. The highest BCUT2D eigenvalue weighted by Gasteiger charge is 2.22. The fourth-order valence-corrected chi connectivity index (χ4v) is 4.22. The molecule has 0 bridgehead atoms. The first-order chi connectivity index (χ1) is 12.6. The SMILES string of the molecule is CN1CCC[C@H](CCC(=O)N2CCCN(Cc3ccc(F)cc3)CC2)C1. The minimum Gasteiger partial charge on any atom is -0.341 e. The van der Waals surface area contributed by atoms with Gasteiger partial charge < -0.3 is 9.80 Å². The van der Waals surface area contributed by atoms with Gasteiger partial charge in [0.05, 0.1) is 0 Å². The molecule has 0 aliphatic carbocycles. The Bertz CT molecular complexity index is 577. The van der Waals surface area contributed by atoms with E-state index in [0.29, 0.717) is 18.2 Å². The molecule has 1 atom stereocenters. The van der Waals surface area contributed by atoms with Crippen LogP contribution in [0.15, 0.2) is 24.3 Å². The molecule has 2 saturated heterocycles. The minimum absolute atomic E-state index is 0.189. The number of rotatable bonds is 5. The van der Waals surface area contributed by atoms with Gasteiger partial charge in [0.25, 0.3) is 0 Å². The summed E-state index contributed by atoms with van der Waals surface area (Å²) in [6.45, 7) is 6.73. The second-order valence-electron chi connectivity index (χ2n) is 7.95. The zero-order valence-corrected chi connectivity index (χ0v) is 16.0. The van der Waals surface area contributed by atoms with E-state index in [9.17, 15) is 9.18 Å². The molecule has 26 heavy (non-hydrogen) atoms. The van der Waals surface area contributed by atoms with Gasteiger partial charge in [0.15, 0.2) is 0 Å². The fourth-order valence-electron chi connectivity index (χ4n) is 4.22. The molecule has 0 saturated carbocycles. The molecule has 144 valence electrons. The standard InChI is InChI=1S/C21H32FN3O/c1-23-11-2-4-18(16-23)7-10-21(26)25-13-3-12-24(14-15-25)17-19-5-8-20(22)9-6-19/h5-6,8-9,18H,2-4,7,10-17H2,1H3/t18-/m1/s1. The van der Waals surface area contributed by atoms with Gasteiger partial charge in [-0.15, -0.1) is 0 Å². The van der Waals surface area contributed by atoms with Crippen LogP contribution in [0.5, 0.6) is 0 Å². The third kappa shape index (κ3) is 5.78. The van der Waals surface area contributed by atoms with Crippen molar-refractivity contribution in [3.05, 3.63) is 35.6 Å². The quantitative estimate of drug-likeness (QED) is 0.807. The van der Waals surface area contributed by atoms with Crippen molar-refractivity contribution in [2.75, 3.05) is 46.3 Å². The van der Waals surface area contributed by atoms with E-state index in [1.807, 2.05) is 12.1 Å². The van der Waals surface area contributed by atoms with Crippen molar-refractivity contribution in [3.8, 4) is 0 Å². The number of hydrogen-bond acceptors (Lipinski definition) is 3. The van der Waals surface area contributed by atoms with Crippen molar-refractivity contribution >= 4 is 5.91 Å². The van der Waals surface area contributed by atoms with Crippen LogP contribution in [-0.2, 0) is 11.3 Å². The molecule has 5 heteroatoms. The molecule has 2 aliphatic heterocycles. The Balaban J connectivity index is 1.42. The molecule has 0 radical (unpaired) electrons. The van der Waals surface area contributed by atoms with E-state index < -0.39 is 0 Å². The largest absolute Gasteiger partial charge is 0.341 e. The summed E-state index contributed by atoms with van der Waals surface area (Å²) in [4.78, 5) is 19.4. The first kappa shape index (κ1) is 19.3. The third-order valence-electron chi connectivity index (χ3n) is 5.75. The molecule has 3 rings (SSSR count). The van der Waals surface area contributed by atoms with E-state index in [0.717, 1.165) is 57.7 Å². The van der Waals surface area contributed by atoms with Gasteiger partial charge in [0.1, 0.15) is 5.82 Å². The van der Waals surface area contributed by atoms with E-state index in [2.05, 4.69) is 21.7 Å². The van der Waals surface area contributed by atoms with Crippen molar-refractivity contribution in [1.29, 1.82) is 0 Å². The molecule has 0 N–H and O–H groups in total. The topological polar surface area (TPSA) is 26.8 Å². The number of carbonyl (C=O) groups excluding carboxylic acids is 1. The predicted molar refractivity (Wildman–Crippen MR) is 102 cm³/mol. The Labute approximate surface area is 157 Å². The van der Waals surface area contributed by atoms with E-state index >= 15 is 0 Å². The Kier molecular flexibility index (Phi) is 7.03. The Morgan fingerprint density at radius 3 is 2.65 bits per heavy atom. The number of likely N-dealkylation sites (tertiary alicyclic amines) is 1. The number of amides is 1. The highest BCUT2D eigenvalue weighted by atomic mass is 19.1. The van der Waals surface area contributed by atoms with Crippen LogP contribution in [0.3, 0.4) is 0 Å². The van der Waals surface area contributed by atoms with Crippen molar-refractivity contribution in [1.82, 2.24) is 14.7 Å². The van der Waals surface area contributed by atoms with Crippen molar-refractivity contribution < 1.29 is 9.18 Å². The maximum absolute atomic E-state index is 13.0. The first-order valence-corrected chi connectivity index (χ1v) is 10.0. The lowest BCUT2D eigenvalue weighted by Crippen LogP contribution is -2.36. The zero-order valence-electron chi connectivity index (χ0n) is 16.0. The molecule has 1 aromatic rings. The number of nitrogens with zero attached hydrogens (tertiary/aromatic N) is 3. The summed E-state index contributed by atoms with van der Waals surface area (Å²) in [7, 11) is 2.18. The van der Waals surface area contributed by atoms with Gasteiger partial charge in [0, 0.05) is 45.7 Å². The summed E-state index contributed by atoms with van der Waals surface area (Å²) in [6.07, 6.45) is 5.26. The molecular formula is C21H32FN3O. The average Bonchev–Trinajstić information content (AvgIpc) is 2.87. The van der Waals surface area contributed by atoms with Gasteiger partial charge >= 0.3 is 0 Å². The second kappa shape index (κ2) is 9.47. The monoisotopic (exact) mass is 361 g/mol. The van der Waals surface area contributed by atoms with Crippen LogP contribution in [0.25, 0.3) is 0 Å². The average molecular weight is 362 g/mol. The molecule has 0 spiro atoms. The molecule has 2 fully saturated rings. The third-order valence-corrected chi connectivity index (χ3v) is 5.75. The van der Waals surface area contributed by atoms with E-state index in [1.165, 1.54) is 31.5 Å². The lowest BCUT2D eigenvalue weighted by molar-refractivity contribution is -0.131. The maximum Gasteiger partial charge on any atom is 0.222 e.